The zero-order valence-corrected chi connectivity index (χ0v) is 9.67. The summed E-state index contributed by atoms with van der Waals surface area (Å²) in [4.78, 5) is 0. The molecule has 1 aromatic rings. The highest BCUT2D eigenvalue weighted by Gasteiger charge is 2.26. The van der Waals surface area contributed by atoms with Gasteiger partial charge in [-0.1, -0.05) is 6.42 Å². The van der Waals surface area contributed by atoms with E-state index in [9.17, 15) is 0 Å². The highest BCUT2D eigenvalue weighted by molar-refractivity contribution is 5.35. The first-order valence-electron chi connectivity index (χ1n) is 5.93. The van der Waals surface area contributed by atoms with Crippen LogP contribution in [0, 0.1) is 17.2 Å². The molecule has 2 rings (SSSR count). The van der Waals surface area contributed by atoms with Gasteiger partial charge in [-0.25, -0.2) is 0 Å². The van der Waals surface area contributed by atoms with E-state index in [1.54, 1.807) is 6.07 Å². The van der Waals surface area contributed by atoms with Gasteiger partial charge < -0.3 is 10.5 Å². The van der Waals surface area contributed by atoms with Crippen molar-refractivity contribution >= 4 is 0 Å². The Morgan fingerprint density at radius 3 is 3.06 bits per heavy atom. The maximum atomic E-state index is 8.95. The van der Waals surface area contributed by atoms with Gasteiger partial charge in [-0.05, 0) is 31.9 Å². The second kappa shape index (κ2) is 5.60. The van der Waals surface area contributed by atoms with Crippen LogP contribution in [0.25, 0.3) is 0 Å². The summed E-state index contributed by atoms with van der Waals surface area (Å²) in [6, 6.07) is 3.67. The van der Waals surface area contributed by atoms with Gasteiger partial charge >= 0.3 is 0 Å². The lowest BCUT2D eigenvalue weighted by atomic mass is 9.86. The van der Waals surface area contributed by atoms with Crippen LogP contribution in [0.3, 0.4) is 0 Å². The predicted octanol–water partition coefficient (Wildman–Crippen LogP) is 1.24. The van der Waals surface area contributed by atoms with E-state index in [0.717, 1.165) is 19.3 Å². The van der Waals surface area contributed by atoms with Gasteiger partial charge in [-0.2, -0.15) is 10.4 Å². The number of nitriles is 1. The van der Waals surface area contributed by atoms with Crippen molar-refractivity contribution in [3.05, 3.63) is 17.8 Å². The lowest BCUT2D eigenvalue weighted by Gasteiger charge is -2.30. The van der Waals surface area contributed by atoms with E-state index < -0.39 is 0 Å². The third kappa shape index (κ3) is 2.71. The third-order valence-corrected chi connectivity index (χ3v) is 3.21. The van der Waals surface area contributed by atoms with E-state index in [4.69, 9.17) is 15.7 Å². The summed E-state index contributed by atoms with van der Waals surface area (Å²) >= 11 is 0. The third-order valence-electron chi connectivity index (χ3n) is 3.21. The SMILES string of the molecule is N#Cc1ccnnc1OC1CCCCC1CN. The Bertz CT molecular complexity index is 415. The first-order chi connectivity index (χ1) is 8.35. The Kier molecular flexibility index (Phi) is 3.89. The molecule has 2 unspecified atom stereocenters. The Morgan fingerprint density at radius 2 is 2.29 bits per heavy atom. The molecular formula is C12H16N4O. The molecule has 0 saturated heterocycles. The zero-order valence-electron chi connectivity index (χ0n) is 9.67. The average Bonchev–Trinajstić information content (AvgIpc) is 2.40. The van der Waals surface area contributed by atoms with Crippen molar-refractivity contribution in [1.82, 2.24) is 10.2 Å². The zero-order chi connectivity index (χ0) is 12.1. The molecule has 17 heavy (non-hydrogen) atoms. The van der Waals surface area contributed by atoms with Crippen LogP contribution in [-0.4, -0.2) is 22.8 Å². The van der Waals surface area contributed by atoms with E-state index in [0.29, 0.717) is 23.9 Å². The molecule has 0 aromatic carbocycles. The fourth-order valence-corrected chi connectivity index (χ4v) is 2.23. The van der Waals surface area contributed by atoms with Crippen molar-refractivity contribution in [3.63, 3.8) is 0 Å². The van der Waals surface area contributed by atoms with E-state index in [1.807, 2.05) is 0 Å². The van der Waals surface area contributed by atoms with Crippen LogP contribution in [-0.2, 0) is 0 Å². The van der Waals surface area contributed by atoms with Crippen molar-refractivity contribution < 1.29 is 4.74 Å². The van der Waals surface area contributed by atoms with Crippen LogP contribution in [0.1, 0.15) is 31.2 Å². The van der Waals surface area contributed by atoms with E-state index >= 15 is 0 Å². The molecule has 1 aromatic heterocycles. The summed E-state index contributed by atoms with van der Waals surface area (Å²) in [7, 11) is 0. The Labute approximate surface area is 101 Å². The molecule has 0 radical (unpaired) electrons. The number of rotatable bonds is 3. The highest BCUT2D eigenvalue weighted by atomic mass is 16.5. The van der Waals surface area contributed by atoms with Crippen molar-refractivity contribution in [1.29, 1.82) is 5.26 Å². The second-order valence-corrected chi connectivity index (χ2v) is 4.30. The molecule has 2 N–H and O–H groups in total. The van der Waals surface area contributed by atoms with Crippen LogP contribution in [0.5, 0.6) is 5.88 Å². The fourth-order valence-electron chi connectivity index (χ4n) is 2.23. The Hall–Kier alpha value is -1.67. The van der Waals surface area contributed by atoms with Crippen LogP contribution >= 0.6 is 0 Å². The van der Waals surface area contributed by atoms with Crippen LogP contribution in [0.4, 0.5) is 0 Å². The minimum Gasteiger partial charge on any atom is -0.472 e. The molecule has 0 spiro atoms. The minimum absolute atomic E-state index is 0.0672. The molecule has 1 fully saturated rings. The number of aromatic nitrogens is 2. The summed E-state index contributed by atoms with van der Waals surface area (Å²) in [6.07, 6.45) is 5.97. The maximum Gasteiger partial charge on any atom is 0.251 e. The largest absolute Gasteiger partial charge is 0.472 e. The van der Waals surface area contributed by atoms with Gasteiger partial charge in [-0.15, -0.1) is 5.10 Å². The fraction of sp³-hybridized carbons (Fsp3) is 0.583. The standard InChI is InChI=1S/C12H16N4O/c13-7-9-3-1-2-4-11(9)17-12-10(8-14)5-6-15-16-12/h5-6,9,11H,1-4,7,13H2. The second-order valence-electron chi connectivity index (χ2n) is 4.30. The van der Waals surface area contributed by atoms with Gasteiger partial charge in [-0.3, -0.25) is 0 Å². The van der Waals surface area contributed by atoms with Gasteiger partial charge in [0.05, 0.1) is 6.20 Å². The Morgan fingerprint density at radius 1 is 1.47 bits per heavy atom. The summed E-state index contributed by atoms with van der Waals surface area (Å²) in [5, 5.41) is 16.6. The van der Waals surface area contributed by atoms with Crippen LogP contribution in [0.15, 0.2) is 12.3 Å². The van der Waals surface area contributed by atoms with Gasteiger partial charge in [0.1, 0.15) is 17.7 Å². The van der Waals surface area contributed by atoms with Gasteiger partial charge in [0.15, 0.2) is 0 Å². The lowest BCUT2D eigenvalue weighted by molar-refractivity contribution is 0.0909. The number of ether oxygens (including phenoxy) is 1. The van der Waals surface area contributed by atoms with Crippen molar-refractivity contribution in [2.45, 2.75) is 31.8 Å². The normalized spacial score (nSPS) is 24.0. The first-order valence-corrected chi connectivity index (χ1v) is 5.93. The number of nitrogens with two attached hydrogens (primary N) is 1. The maximum absolute atomic E-state index is 8.95. The molecule has 5 heteroatoms. The number of hydrogen-bond acceptors (Lipinski definition) is 5. The average molecular weight is 232 g/mol. The monoisotopic (exact) mass is 232 g/mol. The molecule has 0 bridgehead atoms. The molecule has 5 nitrogen and oxygen atoms in total. The predicted molar refractivity (Wildman–Crippen MR) is 62.2 cm³/mol. The number of nitrogens with zero attached hydrogens (tertiary/aromatic N) is 3. The molecule has 1 aliphatic carbocycles. The van der Waals surface area contributed by atoms with Gasteiger partial charge in [0.2, 0.25) is 0 Å². The smallest absolute Gasteiger partial charge is 0.251 e. The van der Waals surface area contributed by atoms with Gasteiger partial charge in [0.25, 0.3) is 5.88 Å². The van der Waals surface area contributed by atoms with E-state index in [-0.39, 0.29) is 6.10 Å². The topological polar surface area (TPSA) is 84.8 Å². The first kappa shape index (κ1) is 11.8. The van der Waals surface area contributed by atoms with Crippen molar-refractivity contribution in [2.75, 3.05) is 6.54 Å². The number of hydrogen-bond donors (Lipinski definition) is 1. The Balaban J connectivity index is 2.11. The van der Waals surface area contributed by atoms with E-state index in [2.05, 4.69) is 16.3 Å². The summed E-state index contributed by atoms with van der Waals surface area (Å²) < 4.78 is 5.80. The molecule has 1 aliphatic rings. The molecule has 0 amide bonds. The minimum atomic E-state index is 0.0672. The van der Waals surface area contributed by atoms with Crippen molar-refractivity contribution in [2.24, 2.45) is 11.7 Å². The highest BCUT2D eigenvalue weighted by Crippen LogP contribution is 2.27. The van der Waals surface area contributed by atoms with Crippen LogP contribution < -0.4 is 10.5 Å². The van der Waals surface area contributed by atoms with Crippen LogP contribution in [0.2, 0.25) is 0 Å². The molecule has 1 saturated carbocycles. The lowest BCUT2D eigenvalue weighted by Crippen LogP contribution is -2.35. The van der Waals surface area contributed by atoms with E-state index in [1.165, 1.54) is 12.6 Å². The molecule has 90 valence electrons. The summed E-state index contributed by atoms with van der Waals surface area (Å²) in [5.41, 5.74) is 6.17. The van der Waals surface area contributed by atoms with Gasteiger partial charge in [0, 0.05) is 5.92 Å². The molecule has 2 atom stereocenters. The molecule has 1 heterocycles. The summed E-state index contributed by atoms with van der Waals surface area (Å²) in [6.45, 7) is 0.618. The summed E-state index contributed by atoms with van der Waals surface area (Å²) in [5.74, 6) is 0.692. The van der Waals surface area contributed by atoms with Crippen molar-refractivity contribution in [3.8, 4) is 11.9 Å². The quantitative estimate of drug-likeness (QED) is 0.847. The molecular weight excluding hydrogens is 216 g/mol. The molecule has 0 aliphatic heterocycles.